The Bertz CT molecular complexity index is 634. The van der Waals surface area contributed by atoms with Gasteiger partial charge in [-0.25, -0.2) is 4.79 Å². The van der Waals surface area contributed by atoms with Gasteiger partial charge in [-0.1, -0.05) is 11.6 Å². The summed E-state index contributed by atoms with van der Waals surface area (Å²) in [6, 6.07) is 4.08. The molecule has 7 nitrogen and oxygen atoms in total. The number of anilines is 1. The highest BCUT2D eigenvalue weighted by Crippen LogP contribution is 2.27. The zero-order valence-electron chi connectivity index (χ0n) is 12.7. The van der Waals surface area contributed by atoms with E-state index in [4.69, 9.17) is 21.1 Å². The lowest BCUT2D eigenvalue weighted by Crippen LogP contribution is -2.39. The molecule has 0 aliphatic carbocycles. The van der Waals surface area contributed by atoms with E-state index in [1.54, 1.807) is 12.1 Å². The Labute approximate surface area is 138 Å². The number of benzene rings is 1. The van der Waals surface area contributed by atoms with Crippen molar-refractivity contribution in [1.29, 1.82) is 0 Å². The number of carbonyl (C=O) groups is 3. The van der Waals surface area contributed by atoms with Gasteiger partial charge in [0.15, 0.2) is 6.10 Å². The van der Waals surface area contributed by atoms with Crippen LogP contribution in [0.1, 0.15) is 19.8 Å². The fourth-order valence-corrected chi connectivity index (χ4v) is 2.29. The minimum atomic E-state index is -1.02. The van der Waals surface area contributed by atoms with E-state index in [1.807, 2.05) is 0 Å². The molecule has 2 atom stereocenters. The van der Waals surface area contributed by atoms with Gasteiger partial charge in [-0.2, -0.15) is 0 Å². The van der Waals surface area contributed by atoms with Crippen LogP contribution in [-0.4, -0.2) is 37.0 Å². The predicted molar refractivity (Wildman–Crippen MR) is 83.4 cm³/mol. The van der Waals surface area contributed by atoms with Crippen molar-refractivity contribution in [3.63, 3.8) is 0 Å². The largest absolute Gasteiger partial charge is 0.495 e. The summed E-state index contributed by atoms with van der Waals surface area (Å²) >= 11 is 5.89. The summed E-state index contributed by atoms with van der Waals surface area (Å²) in [7, 11) is 1.46. The number of carbonyl (C=O) groups excluding carboxylic acids is 3. The quantitative estimate of drug-likeness (QED) is 0.792. The fraction of sp³-hybridized carbons (Fsp3) is 0.400. The van der Waals surface area contributed by atoms with Crippen LogP contribution in [0.15, 0.2) is 18.2 Å². The van der Waals surface area contributed by atoms with Gasteiger partial charge in [0.1, 0.15) is 11.8 Å². The van der Waals surface area contributed by atoms with E-state index in [-0.39, 0.29) is 12.3 Å². The van der Waals surface area contributed by atoms with Crippen molar-refractivity contribution in [2.24, 2.45) is 0 Å². The van der Waals surface area contributed by atoms with E-state index in [2.05, 4.69) is 10.6 Å². The smallest absolute Gasteiger partial charge is 0.329 e. The lowest BCUT2D eigenvalue weighted by molar-refractivity contribution is -0.155. The Morgan fingerprint density at radius 1 is 1.43 bits per heavy atom. The molecule has 2 N–H and O–H groups in total. The monoisotopic (exact) mass is 340 g/mol. The molecule has 0 bridgehead atoms. The third-order valence-electron chi connectivity index (χ3n) is 3.36. The van der Waals surface area contributed by atoms with E-state index in [0.717, 1.165) is 0 Å². The molecule has 1 aliphatic rings. The first-order valence-corrected chi connectivity index (χ1v) is 7.42. The number of methoxy groups -OCH3 is 1. The predicted octanol–water partition coefficient (Wildman–Crippen LogP) is 1.50. The van der Waals surface area contributed by atoms with E-state index in [1.165, 1.54) is 20.1 Å². The molecule has 2 amide bonds. The molecular weight excluding hydrogens is 324 g/mol. The Morgan fingerprint density at radius 3 is 2.78 bits per heavy atom. The molecule has 23 heavy (non-hydrogen) atoms. The van der Waals surface area contributed by atoms with Crippen LogP contribution in [0.25, 0.3) is 0 Å². The van der Waals surface area contributed by atoms with Crippen molar-refractivity contribution >= 4 is 35.1 Å². The van der Waals surface area contributed by atoms with Gasteiger partial charge in [0.05, 0.1) is 12.8 Å². The molecule has 1 aliphatic heterocycles. The zero-order valence-corrected chi connectivity index (χ0v) is 13.5. The van der Waals surface area contributed by atoms with Crippen LogP contribution in [0.3, 0.4) is 0 Å². The summed E-state index contributed by atoms with van der Waals surface area (Å²) < 4.78 is 10.2. The molecule has 8 heteroatoms. The number of hydrogen-bond acceptors (Lipinski definition) is 5. The fourth-order valence-electron chi connectivity index (χ4n) is 2.11. The minimum absolute atomic E-state index is 0.201. The zero-order chi connectivity index (χ0) is 17.0. The third-order valence-corrected chi connectivity index (χ3v) is 3.60. The standard InChI is InChI=1S/C15H17ClN2O5/c1-8(23-15(21)10-4-6-13(19)17-10)14(20)18-11-7-9(16)3-5-12(11)22-2/h3,5,7-8,10H,4,6H2,1-2H3,(H,17,19)(H,18,20)/t8-,10-/m1/s1. The van der Waals surface area contributed by atoms with Crippen molar-refractivity contribution in [3.8, 4) is 5.75 Å². The first kappa shape index (κ1) is 17.1. The van der Waals surface area contributed by atoms with Gasteiger partial charge in [0.25, 0.3) is 5.91 Å². The third kappa shape index (κ3) is 4.35. The summed E-state index contributed by atoms with van der Waals surface area (Å²) in [6.45, 7) is 1.45. The van der Waals surface area contributed by atoms with Crippen LogP contribution in [0.4, 0.5) is 5.69 Å². The lowest BCUT2D eigenvalue weighted by Gasteiger charge is -2.17. The summed E-state index contributed by atoms with van der Waals surface area (Å²) in [4.78, 5) is 35.1. The highest BCUT2D eigenvalue weighted by atomic mass is 35.5. The van der Waals surface area contributed by atoms with Crippen molar-refractivity contribution < 1.29 is 23.9 Å². The Balaban J connectivity index is 1.96. The highest BCUT2D eigenvalue weighted by Gasteiger charge is 2.31. The molecule has 1 fully saturated rings. The van der Waals surface area contributed by atoms with Gasteiger partial charge in [0, 0.05) is 11.4 Å². The normalized spacial score (nSPS) is 18.0. The van der Waals surface area contributed by atoms with E-state index in [0.29, 0.717) is 22.9 Å². The summed E-state index contributed by atoms with van der Waals surface area (Å²) in [5.74, 6) is -0.920. The number of hydrogen-bond donors (Lipinski definition) is 2. The summed E-state index contributed by atoms with van der Waals surface area (Å²) in [5.41, 5.74) is 0.377. The van der Waals surface area contributed by atoms with Gasteiger partial charge in [-0.3, -0.25) is 9.59 Å². The van der Waals surface area contributed by atoms with Crippen LogP contribution in [0.5, 0.6) is 5.75 Å². The number of amides is 2. The average Bonchev–Trinajstić information content (AvgIpc) is 2.94. The first-order valence-electron chi connectivity index (χ1n) is 7.05. The maximum Gasteiger partial charge on any atom is 0.329 e. The van der Waals surface area contributed by atoms with E-state index >= 15 is 0 Å². The Morgan fingerprint density at radius 2 is 2.17 bits per heavy atom. The molecule has 0 saturated carbocycles. The van der Waals surface area contributed by atoms with Crippen LogP contribution in [0, 0.1) is 0 Å². The molecule has 124 valence electrons. The van der Waals surface area contributed by atoms with E-state index < -0.39 is 24.0 Å². The molecule has 1 aromatic rings. The Hall–Kier alpha value is -2.28. The van der Waals surface area contributed by atoms with Gasteiger partial charge in [-0.15, -0.1) is 0 Å². The first-order chi connectivity index (χ1) is 10.9. The van der Waals surface area contributed by atoms with Crippen LogP contribution >= 0.6 is 11.6 Å². The van der Waals surface area contributed by atoms with Gasteiger partial charge >= 0.3 is 5.97 Å². The SMILES string of the molecule is COc1ccc(Cl)cc1NC(=O)[C@@H](C)OC(=O)[C@H]1CCC(=O)N1. The number of ether oxygens (including phenoxy) is 2. The maximum atomic E-state index is 12.1. The maximum absolute atomic E-state index is 12.1. The molecule has 0 radical (unpaired) electrons. The molecule has 0 spiro atoms. The Kier molecular flexibility index (Phi) is 5.44. The van der Waals surface area contributed by atoms with Crippen molar-refractivity contribution in [1.82, 2.24) is 5.32 Å². The van der Waals surface area contributed by atoms with Crippen molar-refractivity contribution in [2.45, 2.75) is 31.9 Å². The topological polar surface area (TPSA) is 93.7 Å². The van der Waals surface area contributed by atoms with Crippen molar-refractivity contribution in [3.05, 3.63) is 23.2 Å². The number of halogens is 1. The molecule has 1 heterocycles. The molecular formula is C15H17ClN2O5. The number of rotatable bonds is 5. The average molecular weight is 341 g/mol. The molecule has 0 aromatic heterocycles. The van der Waals surface area contributed by atoms with Gasteiger partial charge in [0.2, 0.25) is 5.91 Å². The molecule has 2 rings (SSSR count). The number of esters is 1. The van der Waals surface area contributed by atoms with Gasteiger partial charge in [-0.05, 0) is 31.5 Å². The summed E-state index contributed by atoms with van der Waals surface area (Å²) in [5, 5.41) is 5.51. The molecule has 1 saturated heterocycles. The van der Waals surface area contributed by atoms with Crippen LogP contribution < -0.4 is 15.4 Å². The second-order valence-corrected chi connectivity index (χ2v) is 5.51. The highest BCUT2D eigenvalue weighted by molar-refractivity contribution is 6.31. The van der Waals surface area contributed by atoms with E-state index in [9.17, 15) is 14.4 Å². The van der Waals surface area contributed by atoms with Gasteiger partial charge < -0.3 is 20.1 Å². The van der Waals surface area contributed by atoms with Crippen LogP contribution in [-0.2, 0) is 19.1 Å². The van der Waals surface area contributed by atoms with Crippen LogP contribution in [0.2, 0.25) is 5.02 Å². The molecule has 0 unspecified atom stereocenters. The minimum Gasteiger partial charge on any atom is -0.495 e. The molecule has 1 aromatic carbocycles. The second-order valence-electron chi connectivity index (χ2n) is 5.07. The summed E-state index contributed by atoms with van der Waals surface area (Å²) in [6.07, 6.45) is -0.377. The lowest BCUT2D eigenvalue weighted by atomic mass is 10.2. The van der Waals surface area contributed by atoms with Crippen molar-refractivity contribution in [2.75, 3.05) is 12.4 Å². The number of nitrogens with one attached hydrogen (secondary N) is 2. The second kappa shape index (κ2) is 7.32.